The predicted molar refractivity (Wildman–Crippen MR) is 114 cm³/mol. The van der Waals surface area contributed by atoms with E-state index in [0.717, 1.165) is 23.0 Å². The molecule has 4 aromatic rings. The Bertz CT molecular complexity index is 1390. The van der Waals surface area contributed by atoms with Crippen LogP contribution >= 0.6 is 23.2 Å². The number of rotatable bonds is 4. The van der Waals surface area contributed by atoms with E-state index in [1.807, 2.05) is 0 Å². The van der Waals surface area contributed by atoms with Crippen molar-refractivity contribution in [1.82, 2.24) is 20.0 Å². The molecule has 0 fully saturated rings. The molecule has 2 aromatic carbocycles. The molecule has 0 saturated heterocycles. The lowest BCUT2D eigenvalue weighted by Crippen LogP contribution is -2.14. The van der Waals surface area contributed by atoms with Gasteiger partial charge in [0.25, 0.3) is 5.91 Å². The first kappa shape index (κ1) is 23.6. The van der Waals surface area contributed by atoms with Crippen molar-refractivity contribution in [3.63, 3.8) is 0 Å². The molecule has 4 rings (SSSR count). The van der Waals surface area contributed by atoms with E-state index in [-0.39, 0.29) is 33.2 Å². The second kappa shape index (κ2) is 8.99. The summed E-state index contributed by atoms with van der Waals surface area (Å²) >= 11 is 12.2. The van der Waals surface area contributed by atoms with Gasteiger partial charge in [0.15, 0.2) is 5.82 Å². The molecule has 0 aliphatic heterocycles. The molecule has 0 radical (unpaired) electrons. The number of anilines is 1. The van der Waals surface area contributed by atoms with Crippen LogP contribution in [0.1, 0.15) is 15.9 Å². The normalized spacial score (nSPS) is 11.5. The molecule has 6 nitrogen and oxygen atoms in total. The van der Waals surface area contributed by atoms with Crippen LogP contribution in [0.4, 0.5) is 27.6 Å². The van der Waals surface area contributed by atoms with Gasteiger partial charge < -0.3 is 5.32 Å². The maximum absolute atomic E-state index is 14.8. The van der Waals surface area contributed by atoms with Gasteiger partial charge in [-0.2, -0.15) is 23.4 Å². The monoisotopic (exact) mass is 513 g/mol. The number of carbonyl (C=O) groups excluding carboxylic acids is 1. The topological polar surface area (TPSA) is 72.7 Å². The van der Waals surface area contributed by atoms with Gasteiger partial charge in [0.05, 0.1) is 45.5 Å². The molecule has 34 heavy (non-hydrogen) atoms. The molecule has 0 saturated carbocycles. The highest BCUT2D eigenvalue weighted by atomic mass is 35.5. The molecule has 0 bridgehead atoms. The van der Waals surface area contributed by atoms with Crippen LogP contribution in [0.3, 0.4) is 0 Å². The summed E-state index contributed by atoms with van der Waals surface area (Å²) < 4.78 is 68.2. The quantitative estimate of drug-likeness (QED) is 0.330. The van der Waals surface area contributed by atoms with Crippen molar-refractivity contribution in [2.75, 3.05) is 5.32 Å². The fraction of sp³-hybridized carbons (Fsp3) is 0.0476. The van der Waals surface area contributed by atoms with Crippen LogP contribution in [-0.4, -0.2) is 25.9 Å². The van der Waals surface area contributed by atoms with Crippen LogP contribution in [-0.2, 0) is 6.18 Å². The Morgan fingerprint density at radius 3 is 2.29 bits per heavy atom. The van der Waals surface area contributed by atoms with Gasteiger partial charge >= 0.3 is 6.18 Å². The lowest BCUT2D eigenvalue weighted by atomic mass is 9.97. The summed E-state index contributed by atoms with van der Waals surface area (Å²) in [4.78, 5) is 17.8. The summed E-state index contributed by atoms with van der Waals surface area (Å²) in [6.07, 6.45) is -0.874. The number of aromatic nitrogens is 4. The number of benzene rings is 2. The van der Waals surface area contributed by atoms with Crippen LogP contribution in [0.25, 0.3) is 16.9 Å². The summed E-state index contributed by atoms with van der Waals surface area (Å²) in [6, 6.07) is 4.70. The summed E-state index contributed by atoms with van der Waals surface area (Å²) in [7, 11) is 0. The molecular formula is C21H10Cl2F5N5O. The van der Waals surface area contributed by atoms with E-state index in [2.05, 4.69) is 20.5 Å². The Hall–Kier alpha value is -3.57. The number of nitrogens with zero attached hydrogens (tertiary/aromatic N) is 4. The molecule has 174 valence electrons. The predicted octanol–water partition coefficient (Wildman–Crippen LogP) is 6.19. The number of nitrogens with one attached hydrogen (secondary N) is 1. The van der Waals surface area contributed by atoms with Gasteiger partial charge in [-0.25, -0.2) is 13.8 Å². The Labute approximate surface area is 197 Å². The van der Waals surface area contributed by atoms with E-state index in [1.54, 1.807) is 0 Å². The first-order chi connectivity index (χ1) is 16.0. The van der Waals surface area contributed by atoms with Crippen LogP contribution < -0.4 is 5.32 Å². The Kier molecular flexibility index (Phi) is 6.24. The zero-order chi connectivity index (χ0) is 24.6. The first-order valence-corrected chi connectivity index (χ1v) is 10.00. The maximum Gasteiger partial charge on any atom is 0.417 e. The van der Waals surface area contributed by atoms with Gasteiger partial charge in [0.1, 0.15) is 11.6 Å². The Balaban J connectivity index is 1.64. The third kappa shape index (κ3) is 4.70. The highest BCUT2D eigenvalue weighted by Crippen LogP contribution is 2.39. The number of carbonyl (C=O) groups is 1. The molecule has 1 amide bonds. The second-order valence-electron chi connectivity index (χ2n) is 6.80. The second-order valence-corrected chi connectivity index (χ2v) is 7.62. The highest BCUT2D eigenvalue weighted by molar-refractivity contribution is 6.35. The molecule has 0 aliphatic carbocycles. The van der Waals surface area contributed by atoms with Crippen LogP contribution in [0.5, 0.6) is 0 Å². The molecule has 1 N–H and O–H groups in total. The number of hydrogen-bond donors (Lipinski definition) is 1. The van der Waals surface area contributed by atoms with Gasteiger partial charge in [0.2, 0.25) is 0 Å². The summed E-state index contributed by atoms with van der Waals surface area (Å²) in [5.74, 6) is -2.98. The number of halogens is 7. The number of hydrogen-bond acceptors (Lipinski definition) is 4. The number of amides is 1. The van der Waals surface area contributed by atoms with Crippen molar-refractivity contribution in [2.45, 2.75) is 6.18 Å². The third-order valence-electron chi connectivity index (χ3n) is 4.57. The standard InChI is InChI=1S/C21H10Cl2F5N5O/c22-16-7-13(12-2-1-10(24)5-15(12)21(26,27)28)18(25)8-14(16)20(34)32-11-6-17(23)19(29-9-11)33-30-3-4-31-33/h1-9H,(H,32,34). The van der Waals surface area contributed by atoms with Crippen molar-refractivity contribution in [3.05, 3.63) is 87.8 Å². The van der Waals surface area contributed by atoms with Gasteiger partial charge in [0, 0.05) is 5.56 Å². The van der Waals surface area contributed by atoms with E-state index in [0.29, 0.717) is 6.07 Å². The van der Waals surface area contributed by atoms with Crippen molar-refractivity contribution in [3.8, 4) is 16.9 Å². The highest BCUT2D eigenvalue weighted by Gasteiger charge is 2.35. The van der Waals surface area contributed by atoms with Gasteiger partial charge in [-0.3, -0.25) is 4.79 Å². The van der Waals surface area contributed by atoms with Crippen LogP contribution in [0, 0.1) is 11.6 Å². The van der Waals surface area contributed by atoms with Crippen LogP contribution in [0.2, 0.25) is 10.0 Å². The van der Waals surface area contributed by atoms with Crippen molar-refractivity contribution in [2.24, 2.45) is 0 Å². The zero-order valence-corrected chi connectivity index (χ0v) is 18.1. The number of alkyl halides is 3. The SMILES string of the molecule is O=C(Nc1cnc(-n2nccn2)c(Cl)c1)c1cc(F)c(-c2ccc(F)cc2C(F)(F)F)cc1Cl. The summed E-state index contributed by atoms with van der Waals surface area (Å²) in [6.45, 7) is 0. The first-order valence-electron chi connectivity index (χ1n) is 9.24. The fourth-order valence-corrected chi connectivity index (χ4v) is 3.57. The molecule has 0 atom stereocenters. The molecule has 0 aliphatic rings. The molecular weight excluding hydrogens is 504 g/mol. The average Bonchev–Trinajstić information content (AvgIpc) is 3.29. The third-order valence-corrected chi connectivity index (χ3v) is 5.16. The Morgan fingerprint density at radius 1 is 0.941 bits per heavy atom. The number of pyridine rings is 1. The van der Waals surface area contributed by atoms with E-state index >= 15 is 0 Å². The van der Waals surface area contributed by atoms with E-state index < -0.39 is 40.4 Å². The van der Waals surface area contributed by atoms with E-state index in [4.69, 9.17) is 23.2 Å². The molecule has 0 spiro atoms. The average molecular weight is 514 g/mol. The van der Waals surface area contributed by atoms with E-state index in [1.165, 1.54) is 24.7 Å². The molecule has 2 heterocycles. The summed E-state index contributed by atoms with van der Waals surface area (Å²) in [5.41, 5.74) is -2.78. The minimum Gasteiger partial charge on any atom is -0.320 e. The minimum absolute atomic E-state index is 0.0950. The van der Waals surface area contributed by atoms with E-state index in [9.17, 15) is 26.7 Å². The maximum atomic E-state index is 14.8. The van der Waals surface area contributed by atoms with Gasteiger partial charge in [-0.05, 0) is 35.9 Å². The van der Waals surface area contributed by atoms with Crippen molar-refractivity contribution in [1.29, 1.82) is 0 Å². The van der Waals surface area contributed by atoms with Gasteiger partial charge in [-0.1, -0.05) is 29.3 Å². The van der Waals surface area contributed by atoms with Gasteiger partial charge in [-0.15, -0.1) is 4.80 Å². The largest absolute Gasteiger partial charge is 0.417 e. The lowest BCUT2D eigenvalue weighted by molar-refractivity contribution is -0.137. The van der Waals surface area contributed by atoms with Crippen LogP contribution in [0.15, 0.2) is 55.0 Å². The zero-order valence-electron chi connectivity index (χ0n) is 16.5. The Morgan fingerprint density at radius 2 is 1.65 bits per heavy atom. The lowest BCUT2D eigenvalue weighted by Gasteiger charge is -2.15. The molecule has 2 aromatic heterocycles. The molecule has 0 unspecified atom stereocenters. The summed E-state index contributed by atoms with van der Waals surface area (Å²) in [5, 5.41) is 9.96. The van der Waals surface area contributed by atoms with Crippen molar-refractivity contribution < 1.29 is 26.7 Å². The molecule has 13 heteroatoms. The minimum atomic E-state index is -4.95. The fourth-order valence-electron chi connectivity index (χ4n) is 3.08. The smallest absolute Gasteiger partial charge is 0.320 e. The van der Waals surface area contributed by atoms with Crippen molar-refractivity contribution >= 4 is 34.8 Å².